The lowest BCUT2D eigenvalue weighted by atomic mass is 9.71. The predicted octanol–water partition coefficient (Wildman–Crippen LogP) is 1.33. The molecule has 3 aliphatic heterocycles. The van der Waals surface area contributed by atoms with Gasteiger partial charge < -0.3 is 20.1 Å². The molecule has 8 heteroatoms. The fourth-order valence-corrected chi connectivity index (χ4v) is 5.79. The maximum absolute atomic E-state index is 13.4. The molecule has 0 spiro atoms. The lowest BCUT2D eigenvalue weighted by molar-refractivity contribution is -0.156. The van der Waals surface area contributed by atoms with Crippen LogP contribution in [-0.4, -0.2) is 58.4 Å². The van der Waals surface area contributed by atoms with Crippen LogP contribution in [-0.2, 0) is 16.0 Å². The molecule has 0 saturated carbocycles. The number of hydrogen-bond donors (Lipinski definition) is 2. The second-order valence-corrected chi connectivity index (χ2v) is 9.16. The van der Waals surface area contributed by atoms with Crippen molar-refractivity contribution in [2.24, 2.45) is 11.8 Å². The second kappa shape index (κ2) is 8.76. The molecule has 1 aromatic heterocycles. The molecule has 3 saturated heterocycles. The van der Waals surface area contributed by atoms with Crippen molar-refractivity contribution in [3.63, 3.8) is 0 Å². The van der Waals surface area contributed by atoms with Crippen LogP contribution in [0.5, 0.6) is 0 Å². The monoisotopic (exact) mass is 435 g/mol. The van der Waals surface area contributed by atoms with E-state index >= 15 is 0 Å². The third-order valence-electron chi connectivity index (χ3n) is 7.15. The van der Waals surface area contributed by atoms with Gasteiger partial charge in [-0.05, 0) is 37.2 Å². The Balaban J connectivity index is 1.36. The van der Waals surface area contributed by atoms with E-state index in [0.29, 0.717) is 25.3 Å². The van der Waals surface area contributed by atoms with Crippen molar-refractivity contribution in [2.75, 3.05) is 24.5 Å². The van der Waals surface area contributed by atoms with Gasteiger partial charge in [0.25, 0.3) is 5.56 Å². The van der Waals surface area contributed by atoms with Gasteiger partial charge in [-0.15, -0.1) is 0 Å². The molecule has 5 rings (SSSR count). The topological polar surface area (TPSA) is 98.4 Å². The van der Waals surface area contributed by atoms with Crippen LogP contribution in [0, 0.1) is 11.8 Å². The number of hydrogen-bond acceptors (Lipinski definition) is 5. The summed E-state index contributed by atoms with van der Waals surface area (Å²) >= 11 is 0. The number of benzene rings is 1. The van der Waals surface area contributed by atoms with Crippen LogP contribution < -0.4 is 15.8 Å². The highest BCUT2D eigenvalue weighted by atomic mass is 16.2. The Hall–Kier alpha value is -3.16. The average Bonchev–Trinajstić information content (AvgIpc) is 2.80. The molecule has 2 aromatic rings. The van der Waals surface area contributed by atoms with E-state index in [1.54, 1.807) is 0 Å². The quantitative estimate of drug-likeness (QED) is 0.739. The molecular formula is C24H29N5O3. The van der Waals surface area contributed by atoms with Crippen LogP contribution in [0.3, 0.4) is 0 Å². The van der Waals surface area contributed by atoms with Gasteiger partial charge >= 0.3 is 0 Å². The summed E-state index contributed by atoms with van der Waals surface area (Å²) in [6.07, 6.45) is 5.41. The van der Waals surface area contributed by atoms with Crippen LogP contribution in [0.2, 0.25) is 0 Å². The molecule has 3 aliphatic rings. The SMILES string of the molecule is O=C(NCCc1ccccc1)[C@H]1[C@@H]2C[C@@H](CN(c3cc(=O)[nH]cn3)C2)[C@@H]2CCCC(=O)N21. The summed E-state index contributed by atoms with van der Waals surface area (Å²) < 4.78 is 0. The van der Waals surface area contributed by atoms with Crippen molar-refractivity contribution in [2.45, 2.75) is 44.2 Å². The molecule has 1 aromatic carbocycles. The molecule has 8 nitrogen and oxygen atoms in total. The van der Waals surface area contributed by atoms with Crippen molar-refractivity contribution >= 4 is 17.6 Å². The predicted molar refractivity (Wildman–Crippen MR) is 120 cm³/mol. The van der Waals surface area contributed by atoms with Crippen LogP contribution in [0.25, 0.3) is 0 Å². The number of nitrogens with one attached hydrogen (secondary N) is 2. The van der Waals surface area contributed by atoms with Crippen LogP contribution >= 0.6 is 0 Å². The maximum atomic E-state index is 13.4. The van der Waals surface area contributed by atoms with E-state index in [1.807, 2.05) is 23.1 Å². The Morgan fingerprint density at radius 2 is 1.97 bits per heavy atom. The van der Waals surface area contributed by atoms with Crippen LogP contribution in [0.1, 0.15) is 31.2 Å². The summed E-state index contributed by atoms with van der Waals surface area (Å²) in [5, 5.41) is 3.10. The Morgan fingerprint density at radius 3 is 2.78 bits per heavy atom. The first kappa shape index (κ1) is 20.7. The number of anilines is 1. The molecular weight excluding hydrogens is 406 g/mol. The van der Waals surface area contributed by atoms with Gasteiger partial charge in [-0.2, -0.15) is 0 Å². The minimum Gasteiger partial charge on any atom is -0.356 e. The van der Waals surface area contributed by atoms with Crippen LogP contribution in [0.15, 0.2) is 47.5 Å². The molecule has 32 heavy (non-hydrogen) atoms. The second-order valence-electron chi connectivity index (χ2n) is 9.16. The summed E-state index contributed by atoms with van der Waals surface area (Å²) in [5.41, 5.74) is 0.989. The molecule has 0 radical (unpaired) electrons. The molecule has 2 amide bonds. The van der Waals surface area contributed by atoms with Gasteiger partial charge in [0.15, 0.2) is 0 Å². The normalized spacial score (nSPS) is 27.1. The van der Waals surface area contributed by atoms with E-state index in [9.17, 15) is 14.4 Å². The molecule has 2 N–H and O–H groups in total. The van der Waals surface area contributed by atoms with Crippen molar-refractivity contribution in [1.82, 2.24) is 20.2 Å². The molecule has 2 bridgehead atoms. The van der Waals surface area contributed by atoms with E-state index in [4.69, 9.17) is 0 Å². The minimum absolute atomic E-state index is 0.0184. The van der Waals surface area contributed by atoms with Crippen molar-refractivity contribution in [1.29, 1.82) is 0 Å². The van der Waals surface area contributed by atoms with Gasteiger partial charge in [0.1, 0.15) is 11.9 Å². The van der Waals surface area contributed by atoms with E-state index < -0.39 is 6.04 Å². The zero-order valence-corrected chi connectivity index (χ0v) is 18.1. The van der Waals surface area contributed by atoms with Crippen molar-refractivity contribution < 1.29 is 9.59 Å². The molecule has 0 unspecified atom stereocenters. The summed E-state index contributed by atoms with van der Waals surface area (Å²) in [4.78, 5) is 49.1. The molecule has 168 valence electrons. The number of amides is 2. The first-order valence-electron chi connectivity index (χ1n) is 11.5. The molecule has 4 atom stereocenters. The smallest absolute Gasteiger partial charge is 0.252 e. The summed E-state index contributed by atoms with van der Waals surface area (Å²) in [7, 11) is 0. The Bertz CT molecular complexity index is 1040. The third kappa shape index (κ3) is 4.01. The molecule has 0 aliphatic carbocycles. The molecule has 4 heterocycles. The zero-order chi connectivity index (χ0) is 22.1. The Morgan fingerprint density at radius 1 is 1.16 bits per heavy atom. The summed E-state index contributed by atoms with van der Waals surface area (Å²) in [6, 6.07) is 11.2. The van der Waals surface area contributed by atoms with Crippen molar-refractivity contribution in [3.05, 3.63) is 58.6 Å². The number of piperidine rings is 3. The van der Waals surface area contributed by atoms with E-state index in [-0.39, 0.29) is 35.3 Å². The van der Waals surface area contributed by atoms with Gasteiger partial charge in [-0.25, -0.2) is 4.98 Å². The number of carbonyl (C=O) groups is 2. The highest BCUT2D eigenvalue weighted by Crippen LogP contribution is 2.42. The fraction of sp³-hybridized carbons (Fsp3) is 0.500. The van der Waals surface area contributed by atoms with E-state index in [0.717, 1.165) is 32.2 Å². The number of fused-ring (bicyclic) bond motifs is 4. The van der Waals surface area contributed by atoms with Gasteiger partial charge in [-0.1, -0.05) is 30.3 Å². The van der Waals surface area contributed by atoms with Gasteiger partial charge in [0.2, 0.25) is 11.8 Å². The first-order chi connectivity index (χ1) is 15.6. The number of H-pyrrole nitrogens is 1. The summed E-state index contributed by atoms with van der Waals surface area (Å²) in [5.74, 6) is 0.979. The number of nitrogens with zero attached hydrogens (tertiary/aromatic N) is 3. The number of carbonyl (C=O) groups excluding carboxylic acids is 2. The van der Waals surface area contributed by atoms with Gasteiger partial charge in [0, 0.05) is 44.1 Å². The van der Waals surface area contributed by atoms with Crippen LogP contribution in [0.4, 0.5) is 5.82 Å². The lowest BCUT2D eigenvalue weighted by Gasteiger charge is -2.56. The van der Waals surface area contributed by atoms with Crippen molar-refractivity contribution in [3.8, 4) is 0 Å². The lowest BCUT2D eigenvalue weighted by Crippen LogP contribution is -2.68. The Kier molecular flexibility index (Phi) is 5.68. The maximum Gasteiger partial charge on any atom is 0.252 e. The van der Waals surface area contributed by atoms with E-state index in [1.165, 1.54) is 18.0 Å². The largest absolute Gasteiger partial charge is 0.356 e. The Labute approximate surface area is 187 Å². The zero-order valence-electron chi connectivity index (χ0n) is 18.1. The number of rotatable bonds is 5. The standard InChI is InChI=1S/C24H29N5O3/c30-21-12-20(26-15-27-21)28-13-17-11-18(14-28)23(29-19(17)7-4-8-22(29)31)24(32)25-10-9-16-5-2-1-3-6-16/h1-3,5-6,12,15,17-19,23H,4,7-11,13-14H2,(H,25,32)(H,26,27,30)/t17-,18+,19-,23+/m0/s1. The highest BCUT2D eigenvalue weighted by Gasteiger charge is 2.52. The first-order valence-corrected chi connectivity index (χ1v) is 11.5. The minimum atomic E-state index is -0.468. The third-order valence-corrected chi connectivity index (χ3v) is 7.15. The van der Waals surface area contributed by atoms with E-state index in [2.05, 4.69) is 32.3 Å². The average molecular weight is 436 g/mol. The molecule has 3 fully saturated rings. The van der Waals surface area contributed by atoms with Gasteiger partial charge in [0.05, 0.1) is 6.33 Å². The number of aromatic amines is 1. The number of aromatic nitrogens is 2. The fourth-order valence-electron chi connectivity index (χ4n) is 5.79. The summed E-state index contributed by atoms with van der Waals surface area (Å²) in [6.45, 7) is 1.91. The van der Waals surface area contributed by atoms with Gasteiger partial charge in [-0.3, -0.25) is 14.4 Å². The highest BCUT2D eigenvalue weighted by molar-refractivity contribution is 5.89.